The molecule has 2 aromatic carbocycles. The van der Waals surface area contributed by atoms with Crippen LogP contribution >= 0.6 is 0 Å². The minimum atomic E-state index is -0.231. The summed E-state index contributed by atoms with van der Waals surface area (Å²) >= 11 is 0. The van der Waals surface area contributed by atoms with Crippen molar-refractivity contribution in [2.24, 2.45) is 15.9 Å². The van der Waals surface area contributed by atoms with Crippen molar-refractivity contribution in [3.8, 4) is 11.5 Å². The Hall–Kier alpha value is -2.62. The predicted octanol–water partition coefficient (Wildman–Crippen LogP) is 7.16. The van der Waals surface area contributed by atoms with Gasteiger partial charge in [0.1, 0.15) is 11.5 Å². The van der Waals surface area contributed by atoms with Crippen LogP contribution < -0.4 is 0 Å². The second-order valence-corrected chi connectivity index (χ2v) is 13.0. The molecule has 2 N–H and O–H groups in total. The van der Waals surface area contributed by atoms with Crippen LogP contribution in [0.2, 0.25) is 0 Å². The zero-order valence-corrected chi connectivity index (χ0v) is 22.7. The molecule has 0 spiro atoms. The molecule has 2 aliphatic carbocycles. The Morgan fingerprint density at radius 3 is 1.83 bits per heavy atom. The lowest BCUT2D eigenvalue weighted by atomic mass is 9.84. The number of fused-ring (bicyclic) bond motifs is 2. The molecule has 2 aliphatic rings. The maximum absolute atomic E-state index is 10.7. The van der Waals surface area contributed by atoms with Gasteiger partial charge in [0.2, 0.25) is 0 Å². The summed E-state index contributed by atoms with van der Waals surface area (Å²) in [4.78, 5) is 10.2. The molecule has 4 nitrogen and oxygen atoms in total. The summed E-state index contributed by atoms with van der Waals surface area (Å²) in [5, 5.41) is 21.5. The van der Waals surface area contributed by atoms with E-state index in [0.29, 0.717) is 17.4 Å². The summed E-state index contributed by atoms with van der Waals surface area (Å²) in [7, 11) is 0. The van der Waals surface area contributed by atoms with E-state index in [9.17, 15) is 10.2 Å². The normalized spacial score (nSPS) is 24.8. The van der Waals surface area contributed by atoms with Crippen LogP contribution in [0.3, 0.4) is 0 Å². The highest BCUT2D eigenvalue weighted by Gasteiger charge is 2.52. The molecule has 0 heterocycles. The van der Waals surface area contributed by atoms with E-state index in [2.05, 4.69) is 65.8 Å². The molecule has 3 atom stereocenters. The van der Waals surface area contributed by atoms with Gasteiger partial charge in [0, 0.05) is 23.6 Å². The van der Waals surface area contributed by atoms with Gasteiger partial charge in [-0.25, -0.2) is 0 Å². The van der Waals surface area contributed by atoms with Gasteiger partial charge in [0.25, 0.3) is 0 Å². The van der Waals surface area contributed by atoms with Crippen LogP contribution in [-0.4, -0.2) is 34.2 Å². The molecule has 0 amide bonds. The lowest BCUT2D eigenvalue weighted by Gasteiger charge is -2.29. The first-order chi connectivity index (χ1) is 16.2. The van der Waals surface area contributed by atoms with Crippen LogP contribution in [0.4, 0.5) is 0 Å². The van der Waals surface area contributed by atoms with Gasteiger partial charge in [-0.3, -0.25) is 9.98 Å². The smallest absolute Gasteiger partial charge is 0.127 e. The van der Waals surface area contributed by atoms with E-state index in [1.54, 1.807) is 0 Å². The van der Waals surface area contributed by atoms with Gasteiger partial charge in [-0.05, 0) is 90.7 Å². The van der Waals surface area contributed by atoms with Crippen molar-refractivity contribution in [1.82, 2.24) is 0 Å². The molecular weight excluding hydrogens is 432 g/mol. The van der Waals surface area contributed by atoms with Gasteiger partial charge in [-0.1, -0.05) is 53.7 Å². The molecular formula is C31H42N2O2. The minimum Gasteiger partial charge on any atom is -0.507 e. The molecule has 0 saturated heterocycles. The summed E-state index contributed by atoms with van der Waals surface area (Å²) in [6.45, 7) is 17.0. The summed E-state index contributed by atoms with van der Waals surface area (Å²) in [5.41, 5.74) is 5.49. The highest BCUT2D eigenvalue weighted by molar-refractivity contribution is 5.86. The second kappa shape index (κ2) is 8.80. The molecule has 3 unspecified atom stereocenters. The van der Waals surface area contributed by atoms with Crippen LogP contribution in [0.15, 0.2) is 34.3 Å². The van der Waals surface area contributed by atoms with Crippen molar-refractivity contribution in [3.63, 3.8) is 0 Å². The molecule has 4 rings (SSSR count). The number of phenols is 2. The second-order valence-electron chi connectivity index (χ2n) is 13.0. The van der Waals surface area contributed by atoms with E-state index in [0.717, 1.165) is 41.5 Å². The molecule has 2 saturated carbocycles. The molecule has 2 bridgehead atoms. The number of nitrogens with zero attached hydrogens (tertiary/aromatic N) is 2. The third-order valence-corrected chi connectivity index (χ3v) is 8.05. The summed E-state index contributed by atoms with van der Waals surface area (Å²) < 4.78 is 0. The quantitative estimate of drug-likeness (QED) is 0.462. The standard InChI is InChI=1S/C31H42N2O2/c1-19-11-24(29(3,4)5)14-22(27(19)34)17-32-26-13-21-9-10-31(26,16-21)33-18-23-15-25(30(6,7)8)12-20(2)28(23)35/h11-12,14-15,17-18,21,26,34-35H,9-10,13,16H2,1-8H3. The van der Waals surface area contributed by atoms with Crippen LogP contribution in [-0.2, 0) is 10.8 Å². The summed E-state index contributed by atoms with van der Waals surface area (Å²) in [6, 6.07) is 8.36. The molecule has 35 heavy (non-hydrogen) atoms. The van der Waals surface area contributed by atoms with Crippen LogP contribution in [0.1, 0.15) is 101 Å². The molecule has 188 valence electrons. The number of hydrogen-bond donors (Lipinski definition) is 2. The number of rotatable bonds is 4. The van der Waals surface area contributed by atoms with E-state index in [1.807, 2.05) is 26.3 Å². The summed E-state index contributed by atoms with van der Waals surface area (Å²) in [6.07, 6.45) is 8.01. The predicted molar refractivity (Wildman–Crippen MR) is 147 cm³/mol. The average Bonchev–Trinajstić information content (AvgIpc) is 3.32. The Bertz CT molecular complexity index is 1180. The largest absolute Gasteiger partial charge is 0.507 e. The number of benzene rings is 2. The number of phenolic OH excluding ortho intramolecular Hbond substituents is 2. The minimum absolute atomic E-state index is 0.000296. The SMILES string of the molecule is Cc1cc(C(C)(C)C)cc(C=NC2CC3CCC2(N=Cc2cc(C(C)(C)C)cc(C)c2O)C3)c1O. The zero-order chi connectivity index (χ0) is 25.8. The maximum Gasteiger partial charge on any atom is 0.127 e. The Balaban J connectivity index is 1.66. The van der Waals surface area contributed by atoms with Crippen LogP contribution in [0.5, 0.6) is 11.5 Å². The Kier molecular flexibility index (Phi) is 6.40. The Morgan fingerprint density at radius 1 is 0.829 bits per heavy atom. The van der Waals surface area contributed by atoms with Gasteiger partial charge in [-0.2, -0.15) is 0 Å². The van der Waals surface area contributed by atoms with Gasteiger partial charge < -0.3 is 10.2 Å². The number of aliphatic imine (C=N–C) groups is 2. The third-order valence-electron chi connectivity index (χ3n) is 8.05. The topological polar surface area (TPSA) is 65.2 Å². The fourth-order valence-corrected chi connectivity index (χ4v) is 5.64. The molecule has 0 aromatic heterocycles. The highest BCUT2D eigenvalue weighted by atomic mass is 16.3. The first-order valence-electron chi connectivity index (χ1n) is 13.0. The van der Waals surface area contributed by atoms with Crippen LogP contribution in [0.25, 0.3) is 0 Å². The van der Waals surface area contributed by atoms with Gasteiger partial charge >= 0.3 is 0 Å². The van der Waals surface area contributed by atoms with E-state index in [4.69, 9.17) is 9.98 Å². The van der Waals surface area contributed by atoms with Crippen molar-refractivity contribution in [1.29, 1.82) is 0 Å². The number of aromatic hydroxyl groups is 2. The maximum atomic E-state index is 10.7. The Labute approximate surface area is 211 Å². The molecule has 2 aromatic rings. The fraction of sp³-hybridized carbons (Fsp3) is 0.548. The average molecular weight is 475 g/mol. The van der Waals surface area contributed by atoms with Gasteiger partial charge in [0.15, 0.2) is 0 Å². The lowest BCUT2D eigenvalue weighted by Crippen LogP contribution is -2.34. The van der Waals surface area contributed by atoms with E-state index < -0.39 is 0 Å². The highest BCUT2D eigenvalue weighted by Crippen LogP contribution is 2.51. The van der Waals surface area contributed by atoms with Crippen molar-refractivity contribution in [3.05, 3.63) is 57.6 Å². The monoisotopic (exact) mass is 474 g/mol. The van der Waals surface area contributed by atoms with Gasteiger partial charge in [-0.15, -0.1) is 0 Å². The van der Waals surface area contributed by atoms with Gasteiger partial charge in [0.05, 0.1) is 11.6 Å². The van der Waals surface area contributed by atoms with E-state index in [1.165, 1.54) is 17.5 Å². The van der Waals surface area contributed by atoms with Crippen LogP contribution in [0, 0.1) is 19.8 Å². The first kappa shape index (κ1) is 25.5. The fourth-order valence-electron chi connectivity index (χ4n) is 5.64. The molecule has 0 aliphatic heterocycles. The zero-order valence-electron chi connectivity index (χ0n) is 22.7. The van der Waals surface area contributed by atoms with E-state index >= 15 is 0 Å². The number of aryl methyl sites for hydroxylation is 2. The number of hydrogen-bond acceptors (Lipinski definition) is 4. The molecule has 0 radical (unpaired) electrons. The van der Waals surface area contributed by atoms with Crippen molar-refractivity contribution in [2.75, 3.05) is 0 Å². The lowest BCUT2D eigenvalue weighted by molar-refractivity contribution is 0.367. The van der Waals surface area contributed by atoms with Crippen molar-refractivity contribution in [2.45, 2.75) is 103 Å². The molecule has 4 heteroatoms. The third kappa shape index (κ3) is 5.03. The summed E-state index contributed by atoms with van der Waals surface area (Å²) in [5.74, 6) is 1.26. The molecule has 2 fully saturated rings. The van der Waals surface area contributed by atoms with Crippen molar-refractivity contribution < 1.29 is 10.2 Å². The Morgan fingerprint density at radius 2 is 1.34 bits per heavy atom. The van der Waals surface area contributed by atoms with Crippen molar-refractivity contribution >= 4 is 12.4 Å². The van der Waals surface area contributed by atoms with E-state index in [-0.39, 0.29) is 22.4 Å². The first-order valence-corrected chi connectivity index (χ1v) is 13.0.